The van der Waals surface area contributed by atoms with Gasteiger partial charge >= 0.3 is 0 Å². The Morgan fingerprint density at radius 1 is 0.935 bits per heavy atom. The molecule has 0 heterocycles. The van der Waals surface area contributed by atoms with Crippen LogP contribution in [0.25, 0.3) is 0 Å². The number of carbonyl (C=O) groups is 1. The van der Waals surface area contributed by atoms with Gasteiger partial charge in [-0.3, -0.25) is 4.79 Å². The fourth-order valence-corrected chi connectivity index (χ4v) is 3.27. The van der Waals surface area contributed by atoms with Gasteiger partial charge in [0.15, 0.2) is 0 Å². The van der Waals surface area contributed by atoms with Gasteiger partial charge in [-0.05, 0) is 74.7 Å². The van der Waals surface area contributed by atoms with Crippen molar-refractivity contribution >= 4 is 17.5 Å². The SMILES string of the molecule is CC(C)Oc1ccc(CCCNC(=O)c2ccc(OCc3ccccc3Cl)cc2)cc1. The van der Waals surface area contributed by atoms with Crippen LogP contribution in [0.3, 0.4) is 0 Å². The summed E-state index contributed by atoms with van der Waals surface area (Å²) in [5.74, 6) is 1.49. The second kappa shape index (κ2) is 11.4. The second-order valence-corrected chi connectivity index (χ2v) is 7.98. The number of aryl methyl sites for hydroxylation is 1. The van der Waals surface area contributed by atoms with E-state index >= 15 is 0 Å². The van der Waals surface area contributed by atoms with E-state index in [0.717, 1.165) is 24.2 Å². The van der Waals surface area contributed by atoms with Crippen molar-refractivity contribution in [1.29, 1.82) is 0 Å². The first-order chi connectivity index (χ1) is 15.0. The average Bonchev–Trinajstić information content (AvgIpc) is 2.77. The van der Waals surface area contributed by atoms with Crippen LogP contribution in [0, 0.1) is 0 Å². The zero-order valence-electron chi connectivity index (χ0n) is 17.9. The van der Waals surface area contributed by atoms with E-state index in [9.17, 15) is 4.79 Å². The smallest absolute Gasteiger partial charge is 0.251 e. The monoisotopic (exact) mass is 437 g/mol. The molecule has 3 aromatic carbocycles. The van der Waals surface area contributed by atoms with Crippen LogP contribution < -0.4 is 14.8 Å². The zero-order chi connectivity index (χ0) is 22.1. The topological polar surface area (TPSA) is 47.6 Å². The molecule has 0 unspecified atom stereocenters. The average molecular weight is 438 g/mol. The second-order valence-electron chi connectivity index (χ2n) is 7.57. The summed E-state index contributed by atoms with van der Waals surface area (Å²) in [6.07, 6.45) is 1.94. The van der Waals surface area contributed by atoms with E-state index < -0.39 is 0 Å². The van der Waals surface area contributed by atoms with Crippen molar-refractivity contribution in [1.82, 2.24) is 5.32 Å². The number of amides is 1. The van der Waals surface area contributed by atoms with Gasteiger partial charge in [-0.1, -0.05) is 41.9 Å². The van der Waals surface area contributed by atoms with E-state index in [2.05, 4.69) is 17.4 Å². The van der Waals surface area contributed by atoms with Crippen molar-refractivity contribution in [2.75, 3.05) is 6.54 Å². The Morgan fingerprint density at radius 3 is 2.29 bits per heavy atom. The van der Waals surface area contributed by atoms with Gasteiger partial charge in [0, 0.05) is 22.7 Å². The Hall–Kier alpha value is -2.98. The molecule has 5 heteroatoms. The summed E-state index contributed by atoms with van der Waals surface area (Å²) in [7, 11) is 0. The first kappa shape index (κ1) is 22.7. The molecule has 31 heavy (non-hydrogen) atoms. The molecule has 0 aromatic heterocycles. The molecule has 1 N–H and O–H groups in total. The maximum Gasteiger partial charge on any atom is 0.251 e. The number of hydrogen-bond donors (Lipinski definition) is 1. The highest BCUT2D eigenvalue weighted by molar-refractivity contribution is 6.31. The zero-order valence-corrected chi connectivity index (χ0v) is 18.7. The fraction of sp³-hybridized carbons (Fsp3) is 0.269. The normalized spacial score (nSPS) is 10.7. The summed E-state index contributed by atoms with van der Waals surface area (Å²) >= 11 is 6.14. The van der Waals surface area contributed by atoms with Crippen molar-refractivity contribution in [3.8, 4) is 11.5 Å². The van der Waals surface area contributed by atoms with Crippen molar-refractivity contribution in [2.24, 2.45) is 0 Å². The minimum atomic E-state index is -0.0849. The van der Waals surface area contributed by atoms with E-state index in [1.165, 1.54) is 5.56 Å². The largest absolute Gasteiger partial charge is 0.491 e. The molecule has 0 atom stereocenters. The Balaban J connectivity index is 1.40. The molecule has 0 aliphatic carbocycles. The van der Waals surface area contributed by atoms with Crippen LogP contribution in [0.2, 0.25) is 5.02 Å². The fourth-order valence-electron chi connectivity index (χ4n) is 3.08. The number of nitrogens with one attached hydrogen (secondary N) is 1. The van der Waals surface area contributed by atoms with Crippen molar-refractivity contribution in [3.63, 3.8) is 0 Å². The highest BCUT2D eigenvalue weighted by Crippen LogP contribution is 2.19. The van der Waals surface area contributed by atoms with Gasteiger partial charge < -0.3 is 14.8 Å². The van der Waals surface area contributed by atoms with Crippen molar-refractivity contribution in [2.45, 2.75) is 39.4 Å². The van der Waals surface area contributed by atoms with E-state index in [0.29, 0.717) is 29.5 Å². The Labute approximate surface area is 189 Å². The lowest BCUT2D eigenvalue weighted by molar-refractivity contribution is 0.0953. The number of halogens is 1. The van der Waals surface area contributed by atoms with Crippen molar-refractivity contribution in [3.05, 3.63) is 94.5 Å². The van der Waals surface area contributed by atoms with Gasteiger partial charge in [-0.25, -0.2) is 0 Å². The highest BCUT2D eigenvalue weighted by Gasteiger charge is 2.06. The number of hydrogen-bond acceptors (Lipinski definition) is 3. The molecule has 4 nitrogen and oxygen atoms in total. The van der Waals surface area contributed by atoms with Gasteiger partial charge in [-0.15, -0.1) is 0 Å². The number of ether oxygens (including phenoxy) is 2. The van der Waals surface area contributed by atoms with E-state index in [1.807, 2.05) is 50.2 Å². The molecule has 162 valence electrons. The third-order valence-corrected chi connectivity index (χ3v) is 5.06. The van der Waals surface area contributed by atoms with Gasteiger partial charge in [0.2, 0.25) is 0 Å². The van der Waals surface area contributed by atoms with Crippen LogP contribution in [-0.4, -0.2) is 18.6 Å². The lowest BCUT2D eigenvalue weighted by Crippen LogP contribution is -2.24. The molecule has 0 radical (unpaired) electrons. The lowest BCUT2D eigenvalue weighted by atomic mass is 10.1. The summed E-state index contributed by atoms with van der Waals surface area (Å²) in [6, 6.07) is 22.8. The maximum atomic E-state index is 12.4. The molecular weight excluding hydrogens is 410 g/mol. The van der Waals surface area contributed by atoms with Crippen LogP contribution >= 0.6 is 11.6 Å². The van der Waals surface area contributed by atoms with Gasteiger partial charge in [0.1, 0.15) is 18.1 Å². The Kier molecular flexibility index (Phi) is 8.36. The van der Waals surface area contributed by atoms with Gasteiger partial charge in [-0.2, -0.15) is 0 Å². The van der Waals surface area contributed by atoms with Crippen LogP contribution in [0.4, 0.5) is 0 Å². The quantitative estimate of drug-likeness (QED) is 0.391. The predicted octanol–water partition coefficient (Wildman–Crippen LogP) is 6.07. The molecule has 3 rings (SSSR count). The number of benzene rings is 3. The first-order valence-corrected chi connectivity index (χ1v) is 10.9. The van der Waals surface area contributed by atoms with Crippen LogP contribution in [0.1, 0.15) is 41.8 Å². The van der Waals surface area contributed by atoms with Gasteiger partial charge in [0.25, 0.3) is 5.91 Å². The Morgan fingerprint density at radius 2 is 1.61 bits per heavy atom. The lowest BCUT2D eigenvalue weighted by Gasteiger charge is -2.10. The van der Waals surface area contributed by atoms with Crippen LogP contribution in [-0.2, 0) is 13.0 Å². The summed E-state index contributed by atoms with van der Waals surface area (Å²) in [5, 5.41) is 3.65. The predicted molar refractivity (Wildman–Crippen MR) is 125 cm³/mol. The minimum Gasteiger partial charge on any atom is -0.491 e. The van der Waals surface area contributed by atoms with E-state index in [-0.39, 0.29) is 12.0 Å². The molecule has 3 aromatic rings. The van der Waals surface area contributed by atoms with Gasteiger partial charge in [0.05, 0.1) is 6.10 Å². The van der Waals surface area contributed by atoms with Crippen LogP contribution in [0.5, 0.6) is 11.5 Å². The molecular formula is C26H28ClNO3. The minimum absolute atomic E-state index is 0.0849. The Bertz CT molecular complexity index is 969. The van der Waals surface area contributed by atoms with Crippen molar-refractivity contribution < 1.29 is 14.3 Å². The number of rotatable bonds is 10. The highest BCUT2D eigenvalue weighted by atomic mass is 35.5. The van der Waals surface area contributed by atoms with Crippen LogP contribution in [0.15, 0.2) is 72.8 Å². The number of carbonyl (C=O) groups excluding carboxylic acids is 1. The van der Waals surface area contributed by atoms with E-state index in [4.69, 9.17) is 21.1 Å². The molecule has 0 aliphatic heterocycles. The molecule has 0 bridgehead atoms. The standard InChI is InChI=1S/C26H28ClNO3/c1-19(2)31-24-13-9-20(10-14-24)6-5-17-28-26(29)21-11-15-23(16-12-21)30-18-22-7-3-4-8-25(22)27/h3-4,7-16,19H,5-6,17-18H2,1-2H3,(H,28,29). The summed E-state index contributed by atoms with van der Waals surface area (Å²) in [4.78, 5) is 12.4. The first-order valence-electron chi connectivity index (χ1n) is 10.5. The molecule has 0 saturated carbocycles. The molecule has 0 aliphatic rings. The third-order valence-electron chi connectivity index (χ3n) is 4.69. The summed E-state index contributed by atoms with van der Waals surface area (Å²) in [5.41, 5.74) is 2.76. The molecule has 1 amide bonds. The van der Waals surface area contributed by atoms with E-state index in [1.54, 1.807) is 24.3 Å². The maximum absolute atomic E-state index is 12.4. The molecule has 0 spiro atoms. The third kappa shape index (κ3) is 7.34. The summed E-state index contributed by atoms with van der Waals surface area (Å²) < 4.78 is 11.4. The molecule has 0 saturated heterocycles. The molecule has 0 fully saturated rings. The summed E-state index contributed by atoms with van der Waals surface area (Å²) in [6.45, 7) is 5.03.